The van der Waals surface area contributed by atoms with Crippen molar-refractivity contribution in [2.24, 2.45) is 0 Å². The summed E-state index contributed by atoms with van der Waals surface area (Å²) in [5.74, 6) is 2.45. The maximum atomic E-state index is 9.25. The molecule has 1 saturated carbocycles. The molecule has 2 atom stereocenters. The molecule has 0 amide bonds. The maximum Gasteiger partial charge on any atom is 0.125 e. The van der Waals surface area contributed by atoms with Gasteiger partial charge in [0.05, 0.1) is 17.0 Å². The van der Waals surface area contributed by atoms with Crippen LogP contribution < -0.4 is 0 Å². The van der Waals surface area contributed by atoms with E-state index in [1.807, 2.05) is 23.9 Å². The fraction of sp³-hybridized carbons (Fsp3) is 0.500. The number of alkyl halides is 1. The summed E-state index contributed by atoms with van der Waals surface area (Å²) in [5, 5.41) is 9.99. The minimum Gasteiger partial charge on any atom is -0.324 e. The van der Waals surface area contributed by atoms with E-state index >= 15 is 0 Å². The molecule has 110 valence electrons. The second-order valence-corrected chi connectivity index (χ2v) is 7.21. The molecule has 1 aromatic carbocycles. The van der Waals surface area contributed by atoms with Gasteiger partial charge in [-0.15, -0.1) is 11.6 Å². The number of para-hydroxylation sites is 1. The highest BCUT2D eigenvalue weighted by Gasteiger charge is 2.29. The molecule has 0 N–H and O–H groups in total. The lowest BCUT2D eigenvalue weighted by Gasteiger charge is -2.16. The molecule has 1 fully saturated rings. The lowest BCUT2D eigenvalue weighted by atomic mass is 10.2. The van der Waals surface area contributed by atoms with Crippen molar-refractivity contribution in [3.05, 3.63) is 29.6 Å². The van der Waals surface area contributed by atoms with Gasteiger partial charge in [0.25, 0.3) is 0 Å². The number of rotatable bonds is 4. The minimum atomic E-state index is 0.391. The van der Waals surface area contributed by atoms with Gasteiger partial charge in [0.15, 0.2) is 0 Å². The van der Waals surface area contributed by atoms with Crippen LogP contribution >= 0.6 is 23.4 Å². The van der Waals surface area contributed by atoms with Crippen molar-refractivity contribution in [3.8, 4) is 6.07 Å². The number of benzene rings is 1. The zero-order valence-corrected chi connectivity index (χ0v) is 13.6. The molecule has 1 aromatic heterocycles. The molecule has 0 saturated heterocycles. The van der Waals surface area contributed by atoms with Crippen molar-refractivity contribution in [1.29, 1.82) is 5.26 Å². The third-order valence-corrected chi connectivity index (χ3v) is 5.63. The Morgan fingerprint density at radius 3 is 3.05 bits per heavy atom. The summed E-state index contributed by atoms with van der Waals surface area (Å²) in [6.07, 6.45) is 3.59. The Morgan fingerprint density at radius 1 is 1.48 bits per heavy atom. The van der Waals surface area contributed by atoms with Crippen molar-refractivity contribution in [2.45, 2.75) is 43.4 Å². The van der Waals surface area contributed by atoms with Gasteiger partial charge in [-0.05, 0) is 37.1 Å². The number of nitriles is 1. The van der Waals surface area contributed by atoms with E-state index in [0.29, 0.717) is 17.5 Å². The molecular weight excluding hydrogens is 302 g/mol. The first-order valence-corrected chi connectivity index (χ1v) is 8.94. The standard InChI is InChI=1S/C16H18ClN3S/c1-2-21-13-7-6-12(8-13)20-14-5-3-4-11(10-18)16(14)19-15(20)9-17/h3-5,12-13H,2,6-9H2,1H3. The van der Waals surface area contributed by atoms with Crippen molar-refractivity contribution < 1.29 is 0 Å². The smallest absolute Gasteiger partial charge is 0.125 e. The summed E-state index contributed by atoms with van der Waals surface area (Å²) >= 11 is 8.15. The minimum absolute atomic E-state index is 0.391. The largest absolute Gasteiger partial charge is 0.324 e. The Hall–Kier alpha value is -1.18. The predicted molar refractivity (Wildman–Crippen MR) is 88.8 cm³/mol. The highest BCUT2D eigenvalue weighted by Crippen LogP contribution is 2.39. The Morgan fingerprint density at radius 2 is 2.33 bits per heavy atom. The van der Waals surface area contributed by atoms with Crippen LogP contribution in [0.4, 0.5) is 0 Å². The van der Waals surface area contributed by atoms with Crippen LogP contribution in [0.5, 0.6) is 0 Å². The SMILES string of the molecule is CCSC1CCC(n2c(CCl)nc3c(C#N)cccc32)C1. The van der Waals surface area contributed by atoms with Gasteiger partial charge in [-0.2, -0.15) is 17.0 Å². The molecular formula is C16H18ClN3S. The molecule has 2 unspecified atom stereocenters. The zero-order valence-electron chi connectivity index (χ0n) is 12.1. The number of thioether (sulfide) groups is 1. The third kappa shape index (κ3) is 2.65. The molecule has 0 aliphatic heterocycles. The van der Waals surface area contributed by atoms with Crippen molar-refractivity contribution in [3.63, 3.8) is 0 Å². The van der Waals surface area contributed by atoms with Gasteiger partial charge in [0, 0.05) is 11.3 Å². The summed E-state index contributed by atoms with van der Waals surface area (Å²) in [5.41, 5.74) is 2.48. The number of hydrogen-bond acceptors (Lipinski definition) is 3. The van der Waals surface area contributed by atoms with Crippen LogP contribution in [0.25, 0.3) is 11.0 Å². The topological polar surface area (TPSA) is 41.6 Å². The van der Waals surface area contributed by atoms with Crippen LogP contribution in [0.3, 0.4) is 0 Å². The average Bonchev–Trinajstić information content (AvgIpc) is 3.10. The summed E-state index contributed by atoms with van der Waals surface area (Å²) in [6, 6.07) is 8.50. The Labute approximate surface area is 134 Å². The normalized spacial score (nSPS) is 21.8. The Balaban J connectivity index is 2.04. The van der Waals surface area contributed by atoms with Crippen LogP contribution in [0.1, 0.15) is 43.6 Å². The lowest BCUT2D eigenvalue weighted by molar-refractivity contribution is 0.519. The zero-order chi connectivity index (χ0) is 14.8. The quantitative estimate of drug-likeness (QED) is 0.779. The van der Waals surface area contributed by atoms with E-state index < -0.39 is 0 Å². The van der Waals surface area contributed by atoms with Crippen molar-refractivity contribution in [2.75, 3.05) is 5.75 Å². The molecule has 21 heavy (non-hydrogen) atoms. The second kappa shape index (κ2) is 6.29. The Bertz CT molecular complexity index is 689. The average molecular weight is 320 g/mol. The van der Waals surface area contributed by atoms with Gasteiger partial charge in [0.2, 0.25) is 0 Å². The highest BCUT2D eigenvalue weighted by atomic mass is 35.5. The number of aromatic nitrogens is 2. The van der Waals surface area contributed by atoms with Gasteiger partial charge in [-0.25, -0.2) is 4.98 Å². The number of nitrogens with zero attached hydrogens (tertiary/aromatic N) is 3. The fourth-order valence-corrected chi connectivity index (χ4v) is 4.62. The third-order valence-electron chi connectivity index (χ3n) is 4.16. The Kier molecular flexibility index (Phi) is 4.42. The number of fused-ring (bicyclic) bond motifs is 1. The van der Waals surface area contributed by atoms with Gasteiger partial charge >= 0.3 is 0 Å². The molecule has 5 heteroatoms. The number of hydrogen-bond donors (Lipinski definition) is 0. The van der Waals surface area contributed by atoms with Crippen LogP contribution in [-0.2, 0) is 5.88 Å². The fourth-order valence-electron chi connectivity index (χ4n) is 3.30. The molecule has 2 aromatic rings. The van der Waals surface area contributed by atoms with E-state index in [1.165, 1.54) is 25.0 Å². The van der Waals surface area contributed by atoms with E-state index in [1.54, 1.807) is 0 Å². The molecule has 3 nitrogen and oxygen atoms in total. The molecule has 1 aliphatic rings. The van der Waals surface area contributed by atoms with E-state index in [4.69, 9.17) is 11.6 Å². The van der Waals surface area contributed by atoms with Crippen LogP contribution in [0.2, 0.25) is 0 Å². The van der Waals surface area contributed by atoms with Crippen LogP contribution in [-0.4, -0.2) is 20.6 Å². The van der Waals surface area contributed by atoms with E-state index in [2.05, 4.69) is 28.6 Å². The predicted octanol–water partition coefficient (Wildman–Crippen LogP) is 4.49. The van der Waals surface area contributed by atoms with Gasteiger partial charge in [-0.1, -0.05) is 13.0 Å². The molecule has 0 bridgehead atoms. The second-order valence-electron chi connectivity index (χ2n) is 5.36. The molecule has 1 aliphatic carbocycles. The summed E-state index contributed by atoms with van der Waals surface area (Å²) in [6.45, 7) is 2.22. The highest BCUT2D eigenvalue weighted by molar-refractivity contribution is 7.99. The van der Waals surface area contributed by atoms with Crippen LogP contribution in [0, 0.1) is 11.3 Å². The van der Waals surface area contributed by atoms with Crippen molar-refractivity contribution >= 4 is 34.4 Å². The first-order valence-electron chi connectivity index (χ1n) is 7.36. The van der Waals surface area contributed by atoms with E-state index in [0.717, 1.165) is 22.1 Å². The lowest BCUT2D eigenvalue weighted by Crippen LogP contribution is -2.09. The monoisotopic (exact) mass is 319 g/mol. The van der Waals surface area contributed by atoms with E-state index in [9.17, 15) is 5.26 Å². The van der Waals surface area contributed by atoms with Gasteiger partial charge in [-0.3, -0.25) is 0 Å². The van der Waals surface area contributed by atoms with E-state index in [-0.39, 0.29) is 0 Å². The van der Waals surface area contributed by atoms with Gasteiger partial charge in [0.1, 0.15) is 17.4 Å². The molecule has 1 heterocycles. The molecule has 0 spiro atoms. The summed E-state index contributed by atoms with van der Waals surface area (Å²) < 4.78 is 2.28. The number of halogens is 1. The maximum absolute atomic E-state index is 9.25. The molecule has 3 rings (SSSR count). The van der Waals surface area contributed by atoms with Crippen molar-refractivity contribution in [1.82, 2.24) is 9.55 Å². The first-order chi connectivity index (χ1) is 10.3. The molecule has 0 radical (unpaired) electrons. The summed E-state index contributed by atoms with van der Waals surface area (Å²) in [4.78, 5) is 4.62. The summed E-state index contributed by atoms with van der Waals surface area (Å²) in [7, 11) is 0. The first kappa shape index (κ1) is 14.7. The van der Waals surface area contributed by atoms with Gasteiger partial charge < -0.3 is 4.57 Å². The number of imidazole rings is 1. The van der Waals surface area contributed by atoms with Crippen LogP contribution in [0.15, 0.2) is 18.2 Å².